The summed E-state index contributed by atoms with van der Waals surface area (Å²) in [5, 5.41) is 8.86. The molecule has 0 radical (unpaired) electrons. The van der Waals surface area contributed by atoms with Gasteiger partial charge in [0, 0.05) is 28.8 Å². The number of hydrogen-bond donors (Lipinski definition) is 2. The lowest BCUT2D eigenvalue weighted by Gasteiger charge is -2.13. The largest absolute Gasteiger partial charge is 0.463 e. The number of aromatic nitrogens is 1. The molecular formula is C22H23FN2O5S. The van der Waals surface area contributed by atoms with Crippen LogP contribution >= 0.6 is 0 Å². The second kappa shape index (κ2) is 8.91. The maximum atomic E-state index is 13.5. The normalized spacial score (nSPS) is 11.5. The summed E-state index contributed by atoms with van der Waals surface area (Å²) in [6.07, 6.45) is 1.01. The van der Waals surface area contributed by atoms with Crippen molar-refractivity contribution in [1.82, 2.24) is 4.57 Å². The molecule has 31 heavy (non-hydrogen) atoms. The molecule has 0 aliphatic rings. The Kier molecular flexibility index (Phi) is 6.47. The SMILES string of the molecule is Cc1c(CC(=O)OCCO)c(N)c(-c2ccc(S(C)(=O)=O)cc2)n1-c1ccc(F)cc1. The summed E-state index contributed by atoms with van der Waals surface area (Å²) < 4.78 is 43.8. The number of halogens is 1. The number of ether oxygens (including phenoxy) is 1. The molecule has 1 aromatic heterocycles. The molecule has 1 heterocycles. The van der Waals surface area contributed by atoms with Crippen molar-refractivity contribution in [2.24, 2.45) is 0 Å². The van der Waals surface area contributed by atoms with Crippen molar-refractivity contribution >= 4 is 21.5 Å². The van der Waals surface area contributed by atoms with E-state index in [2.05, 4.69) is 0 Å². The predicted molar refractivity (Wildman–Crippen MR) is 115 cm³/mol. The highest BCUT2D eigenvalue weighted by Gasteiger charge is 2.23. The summed E-state index contributed by atoms with van der Waals surface area (Å²) in [7, 11) is -3.37. The summed E-state index contributed by atoms with van der Waals surface area (Å²) in [4.78, 5) is 12.3. The van der Waals surface area contributed by atoms with Gasteiger partial charge in [-0.15, -0.1) is 0 Å². The number of nitrogen functional groups attached to an aromatic ring is 1. The quantitative estimate of drug-likeness (QED) is 0.540. The zero-order chi connectivity index (χ0) is 22.8. The molecule has 9 heteroatoms. The number of anilines is 1. The number of carbonyl (C=O) groups excluding carboxylic acids is 1. The fourth-order valence-electron chi connectivity index (χ4n) is 3.40. The molecule has 0 saturated carbocycles. The predicted octanol–water partition coefficient (Wildman–Crippen LogP) is 2.66. The van der Waals surface area contributed by atoms with E-state index < -0.39 is 21.6 Å². The van der Waals surface area contributed by atoms with Crippen LogP contribution in [0.1, 0.15) is 11.3 Å². The lowest BCUT2D eigenvalue weighted by Crippen LogP contribution is -2.12. The Balaban J connectivity index is 2.17. The minimum atomic E-state index is -3.37. The molecule has 164 valence electrons. The van der Waals surface area contributed by atoms with Gasteiger partial charge < -0.3 is 20.1 Å². The minimum absolute atomic E-state index is 0.111. The van der Waals surface area contributed by atoms with E-state index in [1.54, 1.807) is 35.8 Å². The average molecular weight is 447 g/mol. The van der Waals surface area contributed by atoms with E-state index in [0.29, 0.717) is 33.9 Å². The second-order valence-electron chi connectivity index (χ2n) is 7.06. The molecule has 0 aliphatic carbocycles. The van der Waals surface area contributed by atoms with E-state index in [0.717, 1.165) is 6.26 Å². The Hall–Kier alpha value is -3.17. The highest BCUT2D eigenvalue weighted by Crippen LogP contribution is 2.37. The number of hydrogen-bond acceptors (Lipinski definition) is 6. The van der Waals surface area contributed by atoms with Gasteiger partial charge in [0.2, 0.25) is 0 Å². The fraction of sp³-hybridized carbons (Fsp3) is 0.227. The molecule has 3 aromatic rings. The molecule has 0 fully saturated rings. The topological polar surface area (TPSA) is 112 Å². The van der Waals surface area contributed by atoms with Crippen molar-refractivity contribution in [3.05, 3.63) is 65.6 Å². The number of aliphatic hydroxyl groups excluding tert-OH is 1. The maximum absolute atomic E-state index is 13.5. The summed E-state index contributed by atoms with van der Waals surface area (Å²) in [6.45, 7) is 1.38. The minimum Gasteiger partial charge on any atom is -0.463 e. The van der Waals surface area contributed by atoms with Crippen LogP contribution in [0.25, 0.3) is 16.9 Å². The van der Waals surface area contributed by atoms with Crippen LogP contribution in [0.15, 0.2) is 53.4 Å². The first kappa shape index (κ1) is 22.5. The van der Waals surface area contributed by atoms with Crippen LogP contribution in [0.5, 0.6) is 0 Å². The third kappa shape index (κ3) is 4.78. The number of rotatable bonds is 7. The van der Waals surface area contributed by atoms with Crippen molar-refractivity contribution in [2.75, 3.05) is 25.2 Å². The lowest BCUT2D eigenvalue weighted by atomic mass is 10.1. The van der Waals surface area contributed by atoms with E-state index in [-0.39, 0.29) is 24.5 Å². The molecule has 3 N–H and O–H groups in total. The lowest BCUT2D eigenvalue weighted by molar-refractivity contribution is -0.143. The van der Waals surface area contributed by atoms with E-state index >= 15 is 0 Å². The van der Waals surface area contributed by atoms with E-state index in [4.69, 9.17) is 15.6 Å². The van der Waals surface area contributed by atoms with Gasteiger partial charge in [0.25, 0.3) is 0 Å². The van der Waals surface area contributed by atoms with E-state index in [1.165, 1.54) is 24.3 Å². The molecule has 0 atom stereocenters. The second-order valence-corrected chi connectivity index (χ2v) is 9.07. The molecule has 2 aromatic carbocycles. The zero-order valence-electron chi connectivity index (χ0n) is 17.1. The van der Waals surface area contributed by atoms with Gasteiger partial charge in [-0.3, -0.25) is 4.79 Å². The van der Waals surface area contributed by atoms with Crippen LogP contribution < -0.4 is 5.73 Å². The van der Waals surface area contributed by atoms with Crippen LogP contribution in [0, 0.1) is 12.7 Å². The summed E-state index contributed by atoms with van der Waals surface area (Å²) in [6, 6.07) is 12.0. The van der Waals surface area contributed by atoms with E-state index in [9.17, 15) is 17.6 Å². The van der Waals surface area contributed by atoms with Gasteiger partial charge >= 0.3 is 5.97 Å². The van der Waals surface area contributed by atoms with Gasteiger partial charge in [-0.05, 0) is 43.3 Å². The van der Waals surface area contributed by atoms with Gasteiger partial charge in [0.05, 0.1) is 29.3 Å². The first-order valence-electron chi connectivity index (χ1n) is 9.46. The standard InChI is InChI=1S/C22H23FN2O5S/c1-14-19(13-20(27)30-12-11-26)21(24)22(25(14)17-7-5-16(23)6-8-17)15-3-9-18(10-4-15)31(2,28)29/h3-10,26H,11-13,24H2,1-2H3. The molecule has 3 rings (SSSR count). The third-order valence-electron chi connectivity index (χ3n) is 4.89. The Morgan fingerprint density at radius 3 is 2.29 bits per heavy atom. The number of nitrogens with zero attached hydrogens (tertiary/aromatic N) is 1. The molecule has 0 aliphatic heterocycles. The molecule has 0 bridgehead atoms. The van der Waals surface area contributed by atoms with Crippen molar-refractivity contribution < 1.29 is 27.4 Å². The van der Waals surface area contributed by atoms with Crippen molar-refractivity contribution in [2.45, 2.75) is 18.2 Å². The first-order chi connectivity index (χ1) is 14.6. The van der Waals surface area contributed by atoms with Crippen molar-refractivity contribution in [3.8, 4) is 16.9 Å². The van der Waals surface area contributed by atoms with Gasteiger partial charge in [-0.2, -0.15) is 0 Å². The smallest absolute Gasteiger partial charge is 0.310 e. The van der Waals surface area contributed by atoms with Crippen LogP contribution in [-0.2, 0) is 25.8 Å². The van der Waals surface area contributed by atoms with Crippen molar-refractivity contribution in [3.63, 3.8) is 0 Å². The third-order valence-corrected chi connectivity index (χ3v) is 6.02. The number of aliphatic hydroxyl groups is 1. The fourth-order valence-corrected chi connectivity index (χ4v) is 4.03. The number of benzene rings is 2. The number of nitrogens with two attached hydrogens (primary N) is 1. The summed E-state index contributed by atoms with van der Waals surface area (Å²) >= 11 is 0. The van der Waals surface area contributed by atoms with Crippen molar-refractivity contribution in [1.29, 1.82) is 0 Å². The van der Waals surface area contributed by atoms with Gasteiger partial charge in [0.15, 0.2) is 9.84 Å². The molecular weight excluding hydrogens is 423 g/mol. The summed E-state index contributed by atoms with van der Waals surface area (Å²) in [5.41, 5.74) is 9.77. The Morgan fingerprint density at radius 2 is 1.74 bits per heavy atom. The Bertz CT molecular complexity index is 1200. The molecule has 0 amide bonds. The van der Waals surface area contributed by atoms with Gasteiger partial charge in [0.1, 0.15) is 12.4 Å². The average Bonchev–Trinajstić information content (AvgIpc) is 2.97. The van der Waals surface area contributed by atoms with Gasteiger partial charge in [-0.25, -0.2) is 12.8 Å². The highest BCUT2D eigenvalue weighted by molar-refractivity contribution is 7.90. The number of carbonyl (C=O) groups is 1. The van der Waals surface area contributed by atoms with Gasteiger partial charge in [-0.1, -0.05) is 12.1 Å². The molecule has 0 spiro atoms. The van der Waals surface area contributed by atoms with Crippen LogP contribution in [0.2, 0.25) is 0 Å². The Labute approximate surface area is 179 Å². The molecule has 0 unspecified atom stereocenters. The highest BCUT2D eigenvalue weighted by atomic mass is 32.2. The Morgan fingerprint density at radius 1 is 1.13 bits per heavy atom. The summed E-state index contributed by atoms with van der Waals surface area (Å²) in [5.74, 6) is -0.938. The van der Waals surface area contributed by atoms with E-state index in [1.807, 2.05) is 0 Å². The maximum Gasteiger partial charge on any atom is 0.310 e. The first-order valence-corrected chi connectivity index (χ1v) is 11.3. The van der Waals surface area contributed by atoms with Crippen LogP contribution in [0.3, 0.4) is 0 Å². The zero-order valence-corrected chi connectivity index (χ0v) is 17.9. The van der Waals surface area contributed by atoms with Crippen LogP contribution in [0.4, 0.5) is 10.1 Å². The molecule has 0 saturated heterocycles. The molecule has 7 nitrogen and oxygen atoms in total. The van der Waals surface area contributed by atoms with Crippen LogP contribution in [-0.4, -0.2) is 43.5 Å². The number of sulfone groups is 1. The number of esters is 1. The monoisotopic (exact) mass is 446 g/mol.